The van der Waals surface area contributed by atoms with Crippen molar-refractivity contribution in [3.63, 3.8) is 0 Å². The van der Waals surface area contributed by atoms with Crippen LogP contribution < -0.4 is 11.1 Å². The van der Waals surface area contributed by atoms with Crippen LogP contribution in [0.5, 0.6) is 0 Å². The second-order valence-corrected chi connectivity index (χ2v) is 5.11. The largest absolute Gasteiger partial charge is 0.383 e. The standard InChI is InChI=1S/C16H23N3O2.ClH/c1-3-11-5-4-6-13-12(9-19-15(11)13)7-8-18-16(20)14(17)10-21-2;/h4-6,9,14,19H,3,7-8,10,17H2,1-2H3,(H,18,20);1H. The molecule has 0 fully saturated rings. The monoisotopic (exact) mass is 325 g/mol. The number of hydrogen-bond acceptors (Lipinski definition) is 3. The average molecular weight is 326 g/mol. The average Bonchev–Trinajstić information content (AvgIpc) is 2.90. The highest BCUT2D eigenvalue weighted by Gasteiger charge is 2.12. The lowest BCUT2D eigenvalue weighted by atomic mass is 10.1. The number of nitrogens with two attached hydrogens (primary N) is 1. The van der Waals surface area contributed by atoms with Crippen molar-refractivity contribution in [2.24, 2.45) is 5.73 Å². The van der Waals surface area contributed by atoms with Gasteiger partial charge < -0.3 is 20.8 Å². The third-order valence-corrected chi connectivity index (χ3v) is 3.64. The lowest BCUT2D eigenvalue weighted by Crippen LogP contribution is -2.44. The Bertz CT molecular complexity index is 612. The van der Waals surface area contributed by atoms with Crippen LogP contribution in [0.15, 0.2) is 24.4 Å². The van der Waals surface area contributed by atoms with Gasteiger partial charge in [0.15, 0.2) is 0 Å². The maximum atomic E-state index is 11.7. The first-order valence-electron chi connectivity index (χ1n) is 7.27. The molecule has 6 heteroatoms. The molecule has 0 saturated heterocycles. The summed E-state index contributed by atoms with van der Waals surface area (Å²) in [6, 6.07) is 5.71. The van der Waals surface area contributed by atoms with Gasteiger partial charge >= 0.3 is 0 Å². The fourth-order valence-electron chi connectivity index (χ4n) is 2.48. The van der Waals surface area contributed by atoms with E-state index in [0.29, 0.717) is 6.54 Å². The van der Waals surface area contributed by atoms with Crippen molar-refractivity contribution in [3.8, 4) is 0 Å². The molecule has 0 aliphatic heterocycles. The van der Waals surface area contributed by atoms with E-state index in [4.69, 9.17) is 10.5 Å². The van der Waals surface area contributed by atoms with Crippen LogP contribution in [-0.4, -0.2) is 37.2 Å². The van der Waals surface area contributed by atoms with E-state index < -0.39 is 6.04 Å². The van der Waals surface area contributed by atoms with Crippen LogP contribution in [-0.2, 0) is 22.4 Å². The van der Waals surface area contributed by atoms with Crippen molar-refractivity contribution in [3.05, 3.63) is 35.5 Å². The van der Waals surface area contributed by atoms with Gasteiger partial charge in [-0.2, -0.15) is 0 Å². The minimum absolute atomic E-state index is 0. The highest BCUT2D eigenvalue weighted by Crippen LogP contribution is 2.22. The molecule has 2 rings (SSSR count). The van der Waals surface area contributed by atoms with E-state index in [1.54, 1.807) is 0 Å². The molecule has 1 atom stereocenters. The van der Waals surface area contributed by atoms with Gasteiger partial charge in [0, 0.05) is 30.8 Å². The molecular formula is C16H24ClN3O2. The summed E-state index contributed by atoms with van der Waals surface area (Å²) in [4.78, 5) is 15.0. The molecule has 1 amide bonds. The van der Waals surface area contributed by atoms with Crippen LogP contribution in [0.25, 0.3) is 10.9 Å². The minimum atomic E-state index is -0.607. The third-order valence-electron chi connectivity index (χ3n) is 3.64. The topological polar surface area (TPSA) is 80.1 Å². The number of carbonyl (C=O) groups excluding carboxylic acids is 1. The summed E-state index contributed by atoms with van der Waals surface area (Å²) in [5.74, 6) is -0.175. The summed E-state index contributed by atoms with van der Waals surface area (Å²) in [5.41, 5.74) is 9.38. The number of para-hydroxylation sites is 1. The molecule has 2 aromatic rings. The second-order valence-electron chi connectivity index (χ2n) is 5.11. The molecule has 122 valence electrons. The molecule has 0 bridgehead atoms. The maximum Gasteiger partial charge on any atom is 0.239 e. The lowest BCUT2D eigenvalue weighted by molar-refractivity contribution is -0.123. The van der Waals surface area contributed by atoms with Crippen LogP contribution in [0.4, 0.5) is 0 Å². The van der Waals surface area contributed by atoms with Gasteiger partial charge in [-0.3, -0.25) is 4.79 Å². The smallest absolute Gasteiger partial charge is 0.239 e. The fourth-order valence-corrected chi connectivity index (χ4v) is 2.48. The Hall–Kier alpha value is -1.56. The number of carbonyl (C=O) groups is 1. The van der Waals surface area contributed by atoms with E-state index in [1.807, 2.05) is 6.20 Å². The van der Waals surface area contributed by atoms with Crippen molar-refractivity contribution in [2.75, 3.05) is 20.3 Å². The summed E-state index contributed by atoms with van der Waals surface area (Å²) < 4.78 is 4.87. The number of H-pyrrole nitrogens is 1. The first-order valence-corrected chi connectivity index (χ1v) is 7.27. The molecule has 1 aromatic heterocycles. The van der Waals surface area contributed by atoms with E-state index in [1.165, 1.54) is 29.1 Å². The quantitative estimate of drug-likeness (QED) is 0.726. The molecule has 0 aliphatic carbocycles. The van der Waals surface area contributed by atoms with Crippen LogP contribution in [0.2, 0.25) is 0 Å². The van der Waals surface area contributed by atoms with Crippen molar-refractivity contribution in [1.82, 2.24) is 10.3 Å². The zero-order valence-electron chi connectivity index (χ0n) is 13.0. The normalized spacial score (nSPS) is 12.0. The Kier molecular flexibility index (Phi) is 7.38. The number of aromatic nitrogens is 1. The van der Waals surface area contributed by atoms with Crippen molar-refractivity contribution < 1.29 is 9.53 Å². The number of aromatic amines is 1. The van der Waals surface area contributed by atoms with Gasteiger partial charge in [0.05, 0.1) is 6.61 Å². The molecule has 1 unspecified atom stereocenters. The third kappa shape index (κ3) is 4.22. The highest BCUT2D eigenvalue weighted by molar-refractivity contribution is 5.86. The molecule has 0 aliphatic rings. The summed E-state index contributed by atoms with van der Waals surface area (Å²) >= 11 is 0. The van der Waals surface area contributed by atoms with Gasteiger partial charge in [0.2, 0.25) is 5.91 Å². The Morgan fingerprint density at radius 3 is 2.86 bits per heavy atom. The van der Waals surface area contributed by atoms with Gasteiger partial charge in [-0.25, -0.2) is 0 Å². The lowest BCUT2D eigenvalue weighted by Gasteiger charge is -2.10. The molecule has 1 aromatic carbocycles. The molecule has 0 spiro atoms. The summed E-state index contributed by atoms with van der Waals surface area (Å²) in [7, 11) is 1.53. The number of halogens is 1. The zero-order valence-corrected chi connectivity index (χ0v) is 13.8. The molecule has 5 nitrogen and oxygen atoms in total. The highest BCUT2D eigenvalue weighted by atomic mass is 35.5. The summed E-state index contributed by atoms with van der Waals surface area (Å²) in [6.45, 7) is 2.95. The number of hydrogen-bond donors (Lipinski definition) is 3. The van der Waals surface area contributed by atoms with Crippen molar-refractivity contribution in [1.29, 1.82) is 0 Å². The summed E-state index contributed by atoms with van der Waals surface area (Å²) in [5, 5.41) is 4.07. The predicted octanol–water partition coefficient (Wildman–Crippen LogP) is 1.78. The van der Waals surface area contributed by atoms with E-state index in [0.717, 1.165) is 12.8 Å². The Morgan fingerprint density at radius 1 is 1.41 bits per heavy atom. The minimum Gasteiger partial charge on any atom is -0.383 e. The fraction of sp³-hybridized carbons (Fsp3) is 0.438. The first-order chi connectivity index (χ1) is 10.2. The number of methoxy groups -OCH3 is 1. The first kappa shape index (κ1) is 18.5. The van der Waals surface area contributed by atoms with Crippen LogP contribution in [0, 0.1) is 0 Å². The Morgan fingerprint density at radius 2 is 2.18 bits per heavy atom. The number of ether oxygens (including phenoxy) is 1. The summed E-state index contributed by atoms with van der Waals surface area (Å²) in [6.07, 6.45) is 3.80. The van der Waals surface area contributed by atoms with E-state index in [9.17, 15) is 4.79 Å². The molecule has 1 heterocycles. The number of fused-ring (bicyclic) bond motifs is 1. The van der Waals surface area contributed by atoms with Crippen LogP contribution in [0.3, 0.4) is 0 Å². The van der Waals surface area contributed by atoms with Crippen molar-refractivity contribution >= 4 is 29.2 Å². The number of rotatable bonds is 7. The van der Waals surface area contributed by atoms with E-state index in [-0.39, 0.29) is 24.9 Å². The van der Waals surface area contributed by atoms with Gasteiger partial charge in [-0.1, -0.05) is 25.1 Å². The van der Waals surface area contributed by atoms with Crippen molar-refractivity contribution in [2.45, 2.75) is 25.8 Å². The number of amides is 1. The van der Waals surface area contributed by atoms with E-state index >= 15 is 0 Å². The van der Waals surface area contributed by atoms with E-state index in [2.05, 4.69) is 35.4 Å². The molecule has 22 heavy (non-hydrogen) atoms. The van der Waals surface area contributed by atoms with Gasteiger partial charge in [-0.15, -0.1) is 12.4 Å². The number of benzene rings is 1. The number of nitrogens with one attached hydrogen (secondary N) is 2. The Balaban J connectivity index is 0.00000242. The Labute approximate surface area is 137 Å². The second kappa shape index (κ2) is 8.78. The number of aryl methyl sites for hydroxylation is 1. The molecular weight excluding hydrogens is 302 g/mol. The van der Waals surface area contributed by atoms with Gasteiger partial charge in [0.1, 0.15) is 6.04 Å². The van der Waals surface area contributed by atoms with Crippen LogP contribution >= 0.6 is 12.4 Å². The van der Waals surface area contributed by atoms with Gasteiger partial charge in [0.25, 0.3) is 0 Å². The maximum absolute atomic E-state index is 11.7. The zero-order chi connectivity index (χ0) is 15.2. The van der Waals surface area contributed by atoms with Crippen LogP contribution in [0.1, 0.15) is 18.1 Å². The predicted molar refractivity (Wildman–Crippen MR) is 91.5 cm³/mol. The molecule has 0 radical (unpaired) electrons. The molecule has 0 saturated carbocycles. The SMILES string of the molecule is CCc1cccc2c(CCNC(=O)C(N)COC)c[nH]c12.Cl. The molecule has 4 N–H and O–H groups in total. The van der Waals surface area contributed by atoms with Gasteiger partial charge in [-0.05, 0) is 24.0 Å².